The molecule has 0 saturated carbocycles. The molecule has 0 bridgehead atoms. The van der Waals surface area contributed by atoms with E-state index in [1.807, 2.05) is 38.1 Å². The molecule has 0 aromatic heterocycles. The predicted molar refractivity (Wildman–Crippen MR) is 98.4 cm³/mol. The number of anilines is 2. The SMILES string of the molecule is CC(=O)c1ccc(C#N)cc1NCc1ccc(NC(=O)C(C)C)cc1. The summed E-state index contributed by atoms with van der Waals surface area (Å²) < 4.78 is 0. The van der Waals surface area contributed by atoms with Crippen molar-refractivity contribution in [3.05, 3.63) is 59.2 Å². The number of carbonyl (C=O) groups excluding carboxylic acids is 2. The van der Waals surface area contributed by atoms with E-state index in [1.54, 1.807) is 18.2 Å². The number of hydrogen-bond acceptors (Lipinski definition) is 4. The molecule has 2 aromatic rings. The molecule has 0 aliphatic carbocycles. The van der Waals surface area contributed by atoms with Crippen LogP contribution in [0.3, 0.4) is 0 Å². The predicted octanol–water partition coefficient (Wildman–Crippen LogP) is 3.97. The van der Waals surface area contributed by atoms with E-state index >= 15 is 0 Å². The smallest absolute Gasteiger partial charge is 0.226 e. The third-order valence-electron chi connectivity index (χ3n) is 3.76. The molecule has 25 heavy (non-hydrogen) atoms. The summed E-state index contributed by atoms with van der Waals surface area (Å²) in [6.07, 6.45) is 0. The molecule has 1 amide bonds. The Bertz CT molecular complexity index is 818. The van der Waals surface area contributed by atoms with Gasteiger partial charge < -0.3 is 10.6 Å². The summed E-state index contributed by atoms with van der Waals surface area (Å²) in [5, 5.41) is 15.1. The van der Waals surface area contributed by atoms with Crippen molar-refractivity contribution >= 4 is 23.1 Å². The minimum Gasteiger partial charge on any atom is -0.380 e. The molecule has 0 fully saturated rings. The van der Waals surface area contributed by atoms with Gasteiger partial charge in [-0.1, -0.05) is 26.0 Å². The van der Waals surface area contributed by atoms with Crippen molar-refractivity contribution in [1.82, 2.24) is 0 Å². The Kier molecular flexibility index (Phi) is 5.91. The van der Waals surface area contributed by atoms with Gasteiger partial charge in [-0.2, -0.15) is 5.26 Å². The van der Waals surface area contributed by atoms with Crippen LogP contribution in [0.15, 0.2) is 42.5 Å². The van der Waals surface area contributed by atoms with Crippen LogP contribution in [-0.4, -0.2) is 11.7 Å². The van der Waals surface area contributed by atoms with Crippen LogP contribution < -0.4 is 10.6 Å². The Hall–Kier alpha value is -3.13. The molecule has 0 heterocycles. The number of carbonyl (C=O) groups is 2. The first-order valence-corrected chi connectivity index (χ1v) is 8.09. The quantitative estimate of drug-likeness (QED) is 0.783. The minimum absolute atomic E-state index is 0.0229. The fourth-order valence-electron chi connectivity index (χ4n) is 2.26. The third-order valence-corrected chi connectivity index (χ3v) is 3.76. The number of Topliss-reactive ketones (excluding diaryl/α,β-unsaturated/α-hetero) is 1. The van der Waals surface area contributed by atoms with Crippen LogP contribution in [0.25, 0.3) is 0 Å². The first kappa shape index (κ1) is 18.2. The highest BCUT2D eigenvalue weighted by Crippen LogP contribution is 2.20. The highest BCUT2D eigenvalue weighted by Gasteiger charge is 2.09. The van der Waals surface area contributed by atoms with Crippen LogP contribution in [0.2, 0.25) is 0 Å². The van der Waals surface area contributed by atoms with Gasteiger partial charge in [-0.15, -0.1) is 0 Å². The van der Waals surface area contributed by atoms with Crippen molar-refractivity contribution in [2.24, 2.45) is 5.92 Å². The second-order valence-electron chi connectivity index (χ2n) is 6.12. The monoisotopic (exact) mass is 335 g/mol. The molecule has 0 spiro atoms. The fraction of sp³-hybridized carbons (Fsp3) is 0.250. The maximum atomic E-state index is 11.7. The Morgan fingerprint density at radius 2 is 1.80 bits per heavy atom. The van der Waals surface area contributed by atoms with Crippen molar-refractivity contribution in [2.75, 3.05) is 10.6 Å². The third kappa shape index (κ3) is 4.92. The lowest BCUT2D eigenvalue weighted by Crippen LogP contribution is -2.17. The molecular formula is C20H21N3O2. The number of rotatable bonds is 6. The number of ketones is 1. The lowest BCUT2D eigenvalue weighted by molar-refractivity contribution is -0.118. The van der Waals surface area contributed by atoms with Crippen molar-refractivity contribution < 1.29 is 9.59 Å². The van der Waals surface area contributed by atoms with Crippen LogP contribution >= 0.6 is 0 Å². The highest BCUT2D eigenvalue weighted by molar-refractivity contribution is 5.99. The average Bonchev–Trinajstić information content (AvgIpc) is 2.60. The number of nitrogens with one attached hydrogen (secondary N) is 2. The largest absolute Gasteiger partial charge is 0.380 e. The average molecular weight is 335 g/mol. The summed E-state index contributed by atoms with van der Waals surface area (Å²) in [5.74, 6) is -0.150. The summed E-state index contributed by atoms with van der Waals surface area (Å²) in [6.45, 7) is 5.69. The number of amides is 1. The lowest BCUT2D eigenvalue weighted by Gasteiger charge is -2.12. The number of nitriles is 1. The van der Waals surface area contributed by atoms with Crippen molar-refractivity contribution in [3.8, 4) is 6.07 Å². The summed E-state index contributed by atoms with van der Waals surface area (Å²) in [4.78, 5) is 23.4. The van der Waals surface area contributed by atoms with E-state index in [-0.39, 0.29) is 17.6 Å². The molecule has 0 aliphatic rings. The molecule has 5 nitrogen and oxygen atoms in total. The molecule has 0 saturated heterocycles. The van der Waals surface area contributed by atoms with Gasteiger partial charge in [0.05, 0.1) is 11.6 Å². The van der Waals surface area contributed by atoms with E-state index in [1.165, 1.54) is 6.92 Å². The number of hydrogen-bond donors (Lipinski definition) is 2. The van der Waals surface area contributed by atoms with E-state index in [9.17, 15) is 9.59 Å². The summed E-state index contributed by atoms with van der Waals surface area (Å²) in [7, 11) is 0. The first-order chi connectivity index (χ1) is 11.9. The van der Waals surface area contributed by atoms with Crippen molar-refractivity contribution in [1.29, 1.82) is 5.26 Å². The minimum atomic E-state index is -0.0706. The maximum Gasteiger partial charge on any atom is 0.226 e. The van der Waals surface area contributed by atoms with Crippen LogP contribution in [0.4, 0.5) is 11.4 Å². The normalized spacial score (nSPS) is 10.2. The Labute approximate surface area is 147 Å². The second-order valence-corrected chi connectivity index (χ2v) is 6.12. The Balaban J connectivity index is 2.08. The van der Waals surface area contributed by atoms with Crippen LogP contribution in [0.1, 0.15) is 42.3 Å². The summed E-state index contributed by atoms with van der Waals surface area (Å²) >= 11 is 0. The molecule has 2 N–H and O–H groups in total. The van der Waals surface area contributed by atoms with Gasteiger partial charge in [0.1, 0.15) is 0 Å². The highest BCUT2D eigenvalue weighted by atomic mass is 16.1. The molecule has 0 radical (unpaired) electrons. The van der Waals surface area contributed by atoms with Gasteiger partial charge in [-0.3, -0.25) is 9.59 Å². The van der Waals surface area contributed by atoms with E-state index < -0.39 is 0 Å². The van der Waals surface area contributed by atoms with Crippen LogP contribution in [0, 0.1) is 17.2 Å². The molecule has 128 valence electrons. The van der Waals surface area contributed by atoms with Gasteiger partial charge in [0.25, 0.3) is 0 Å². The Morgan fingerprint density at radius 3 is 2.36 bits per heavy atom. The van der Waals surface area contributed by atoms with E-state index in [2.05, 4.69) is 16.7 Å². The van der Waals surface area contributed by atoms with Gasteiger partial charge in [0, 0.05) is 29.4 Å². The van der Waals surface area contributed by atoms with Gasteiger partial charge in [0.2, 0.25) is 5.91 Å². The van der Waals surface area contributed by atoms with E-state index in [0.29, 0.717) is 23.4 Å². The molecule has 0 unspecified atom stereocenters. The van der Waals surface area contributed by atoms with Gasteiger partial charge in [-0.25, -0.2) is 0 Å². The van der Waals surface area contributed by atoms with Gasteiger partial charge in [0.15, 0.2) is 5.78 Å². The number of nitrogens with zero attached hydrogens (tertiary/aromatic N) is 1. The summed E-state index contributed by atoms with van der Waals surface area (Å²) in [6, 6.07) is 14.5. The summed E-state index contributed by atoms with van der Waals surface area (Å²) in [5.41, 5.74) is 3.44. The van der Waals surface area contributed by atoms with Crippen molar-refractivity contribution in [2.45, 2.75) is 27.3 Å². The molecule has 0 aliphatic heterocycles. The maximum absolute atomic E-state index is 11.7. The Morgan fingerprint density at radius 1 is 1.12 bits per heavy atom. The molecule has 5 heteroatoms. The second kappa shape index (κ2) is 8.11. The van der Waals surface area contributed by atoms with E-state index in [0.717, 1.165) is 11.3 Å². The topological polar surface area (TPSA) is 82.0 Å². The van der Waals surface area contributed by atoms with Crippen molar-refractivity contribution in [3.63, 3.8) is 0 Å². The molecular weight excluding hydrogens is 314 g/mol. The van der Waals surface area contributed by atoms with Crippen LogP contribution in [0.5, 0.6) is 0 Å². The molecule has 0 atom stereocenters. The number of benzene rings is 2. The zero-order chi connectivity index (χ0) is 18.4. The lowest BCUT2D eigenvalue weighted by atomic mass is 10.1. The van der Waals surface area contributed by atoms with Gasteiger partial charge >= 0.3 is 0 Å². The van der Waals surface area contributed by atoms with Crippen LogP contribution in [-0.2, 0) is 11.3 Å². The zero-order valence-electron chi connectivity index (χ0n) is 14.6. The molecule has 2 aromatic carbocycles. The van der Waals surface area contributed by atoms with E-state index in [4.69, 9.17) is 5.26 Å². The zero-order valence-corrected chi connectivity index (χ0v) is 14.6. The first-order valence-electron chi connectivity index (χ1n) is 8.09. The fourth-order valence-corrected chi connectivity index (χ4v) is 2.26. The molecule has 2 rings (SSSR count). The van der Waals surface area contributed by atoms with Gasteiger partial charge in [-0.05, 0) is 42.8 Å². The standard InChI is InChI=1S/C20H21N3O2/c1-13(2)20(25)23-17-7-4-15(5-8-17)12-22-19-10-16(11-21)6-9-18(19)14(3)24/h4-10,13,22H,12H2,1-3H3,(H,23,25).